The third kappa shape index (κ3) is 4.91. The molecular weight excluding hydrogens is 346 g/mol. The van der Waals surface area contributed by atoms with E-state index < -0.39 is 10.0 Å². The quantitative estimate of drug-likeness (QED) is 0.643. The van der Waals surface area contributed by atoms with E-state index >= 15 is 0 Å². The summed E-state index contributed by atoms with van der Waals surface area (Å²) >= 11 is 0. The van der Waals surface area contributed by atoms with Gasteiger partial charge >= 0.3 is 0 Å². The van der Waals surface area contributed by atoms with E-state index in [1.807, 2.05) is 71.5 Å². The minimum Gasteiger partial charge on any atom is -0.268 e. The second-order valence-electron chi connectivity index (χ2n) is 6.05. The predicted octanol–water partition coefficient (Wildman–Crippen LogP) is 3.36. The summed E-state index contributed by atoms with van der Waals surface area (Å²) in [5.41, 5.74) is 2.84. The van der Waals surface area contributed by atoms with Crippen molar-refractivity contribution in [2.45, 2.75) is 13.1 Å². The maximum absolute atomic E-state index is 12.4. The van der Waals surface area contributed by atoms with Crippen LogP contribution in [0.4, 0.5) is 0 Å². The van der Waals surface area contributed by atoms with Crippen molar-refractivity contribution >= 4 is 16.1 Å². The Morgan fingerprint density at radius 3 is 2.35 bits per heavy atom. The van der Waals surface area contributed by atoms with Gasteiger partial charge in [-0.3, -0.25) is 4.68 Å². The second-order valence-corrected chi connectivity index (χ2v) is 7.97. The maximum Gasteiger partial charge on any atom is 0.236 e. The normalized spacial score (nSPS) is 12.1. The summed E-state index contributed by atoms with van der Waals surface area (Å²) in [5.74, 6) is 0. The van der Waals surface area contributed by atoms with Gasteiger partial charge in [-0.2, -0.15) is 9.40 Å². The Morgan fingerprint density at radius 1 is 1.00 bits per heavy atom. The Bertz CT molecular complexity index is 965. The molecule has 0 atom stereocenters. The van der Waals surface area contributed by atoms with E-state index in [4.69, 9.17) is 0 Å². The number of aromatic nitrogens is 2. The molecule has 3 aromatic rings. The molecule has 0 aliphatic heterocycles. The molecule has 0 aliphatic carbocycles. The van der Waals surface area contributed by atoms with Crippen molar-refractivity contribution < 1.29 is 8.42 Å². The molecule has 26 heavy (non-hydrogen) atoms. The largest absolute Gasteiger partial charge is 0.268 e. The molecule has 134 valence electrons. The van der Waals surface area contributed by atoms with Crippen molar-refractivity contribution in [3.63, 3.8) is 0 Å². The molecule has 0 bridgehead atoms. The van der Waals surface area contributed by atoms with Crippen LogP contribution in [0.15, 0.2) is 78.5 Å². The fraction of sp³-hybridized carbons (Fsp3) is 0.150. The molecule has 0 spiro atoms. The summed E-state index contributed by atoms with van der Waals surface area (Å²) in [4.78, 5) is 0. The standard InChI is InChI=1S/C20H21N3O2S/c1-22(26(24,25)13-12-18-8-4-2-5-9-18)15-20-14-21-23(17-20)16-19-10-6-3-7-11-19/h2-14,17H,15-16H2,1H3. The Balaban J connectivity index is 1.64. The summed E-state index contributed by atoms with van der Waals surface area (Å²) in [6, 6.07) is 19.4. The van der Waals surface area contributed by atoms with Crippen molar-refractivity contribution in [2.24, 2.45) is 0 Å². The van der Waals surface area contributed by atoms with Crippen LogP contribution < -0.4 is 0 Å². The van der Waals surface area contributed by atoms with Crippen LogP contribution in [0.2, 0.25) is 0 Å². The Kier molecular flexibility index (Phi) is 5.65. The minimum absolute atomic E-state index is 0.274. The van der Waals surface area contributed by atoms with Gasteiger partial charge in [0.15, 0.2) is 0 Å². The zero-order chi connectivity index (χ0) is 18.4. The first-order valence-corrected chi connectivity index (χ1v) is 9.78. The van der Waals surface area contributed by atoms with Gasteiger partial charge in [0.1, 0.15) is 0 Å². The van der Waals surface area contributed by atoms with E-state index in [1.54, 1.807) is 19.3 Å². The van der Waals surface area contributed by atoms with E-state index in [0.29, 0.717) is 6.54 Å². The van der Waals surface area contributed by atoms with Crippen molar-refractivity contribution in [1.29, 1.82) is 0 Å². The molecule has 5 nitrogen and oxygen atoms in total. The van der Waals surface area contributed by atoms with Crippen LogP contribution in [-0.2, 0) is 23.1 Å². The highest BCUT2D eigenvalue weighted by Crippen LogP contribution is 2.11. The van der Waals surface area contributed by atoms with Crippen LogP contribution in [0.5, 0.6) is 0 Å². The first kappa shape index (κ1) is 18.1. The third-order valence-electron chi connectivity index (χ3n) is 3.95. The molecule has 0 radical (unpaired) electrons. The predicted molar refractivity (Wildman–Crippen MR) is 104 cm³/mol. The number of benzene rings is 2. The van der Waals surface area contributed by atoms with Crippen LogP contribution >= 0.6 is 0 Å². The molecule has 0 unspecified atom stereocenters. The van der Waals surface area contributed by atoms with E-state index in [1.165, 1.54) is 9.71 Å². The zero-order valence-corrected chi connectivity index (χ0v) is 15.4. The van der Waals surface area contributed by atoms with Crippen molar-refractivity contribution in [3.8, 4) is 0 Å². The molecule has 0 aliphatic rings. The fourth-order valence-electron chi connectivity index (χ4n) is 2.52. The molecule has 2 aromatic carbocycles. The molecule has 6 heteroatoms. The van der Waals surface area contributed by atoms with Gasteiger partial charge in [0.05, 0.1) is 12.7 Å². The van der Waals surface area contributed by atoms with Gasteiger partial charge < -0.3 is 0 Å². The highest BCUT2D eigenvalue weighted by Gasteiger charge is 2.15. The molecular formula is C20H21N3O2S. The lowest BCUT2D eigenvalue weighted by atomic mass is 10.2. The van der Waals surface area contributed by atoms with E-state index in [9.17, 15) is 8.42 Å². The fourth-order valence-corrected chi connectivity index (χ4v) is 3.39. The topological polar surface area (TPSA) is 55.2 Å². The summed E-state index contributed by atoms with van der Waals surface area (Å²) in [6.45, 7) is 0.932. The van der Waals surface area contributed by atoms with Crippen LogP contribution in [0.3, 0.4) is 0 Å². The van der Waals surface area contributed by atoms with Gasteiger partial charge in [0, 0.05) is 30.8 Å². The Hall–Kier alpha value is -2.70. The lowest BCUT2D eigenvalue weighted by Gasteiger charge is -2.13. The molecule has 1 heterocycles. The van der Waals surface area contributed by atoms with Crippen LogP contribution in [-0.4, -0.2) is 29.6 Å². The molecule has 0 amide bonds. The monoisotopic (exact) mass is 367 g/mol. The lowest BCUT2D eigenvalue weighted by molar-refractivity contribution is 0.475. The molecule has 0 fully saturated rings. The Morgan fingerprint density at radius 2 is 1.65 bits per heavy atom. The number of rotatable bonds is 7. The average molecular weight is 367 g/mol. The molecule has 3 rings (SSSR count). The summed E-state index contributed by atoms with van der Waals surface area (Å²) in [6.07, 6.45) is 5.18. The summed E-state index contributed by atoms with van der Waals surface area (Å²) < 4.78 is 28.0. The number of sulfonamides is 1. The van der Waals surface area contributed by atoms with Crippen LogP contribution in [0.25, 0.3) is 6.08 Å². The van der Waals surface area contributed by atoms with Gasteiger partial charge in [-0.15, -0.1) is 0 Å². The highest BCUT2D eigenvalue weighted by atomic mass is 32.2. The van der Waals surface area contributed by atoms with Gasteiger partial charge in [0.25, 0.3) is 0 Å². The maximum atomic E-state index is 12.4. The first-order chi connectivity index (χ1) is 12.5. The molecule has 1 aromatic heterocycles. The van der Waals surface area contributed by atoms with Crippen LogP contribution in [0, 0.1) is 0 Å². The van der Waals surface area contributed by atoms with E-state index in [2.05, 4.69) is 5.10 Å². The minimum atomic E-state index is -3.49. The van der Waals surface area contributed by atoms with Crippen molar-refractivity contribution in [1.82, 2.24) is 14.1 Å². The van der Waals surface area contributed by atoms with Crippen molar-refractivity contribution in [3.05, 3.63) is 95.2 Å². The smallest absolute Gasteiger partial charge is 0.236 e. The second kappa shape index (κ2) is 8.12. The number of nitrogens with zero attached hydrogens (tertiary/aromatic N) is 3. The lowest BCUT2D eigenvalue weighted by Crippen LogP contribution is -2.24. The van der Waals surface area contributed by atoms with Crippen LogP contribution in [0.1, 0.15) is 16.7 Å². The van der Waals surface area contributed by atoms with Gasteiger partial charge in [-0.1, -0.05) is 60.7 Å². The summed E-state index contributed by atoms with van der Waals surface area (Å²) in [5, 5.41) is 5.55. The zero-order valence-electron chi connectivity index (χ0n) is 14.6. The number of hydrogen-bond donors (Lipinski definition) is 0. The van der Waals surface area contributed by atoms with E-state index in [0.717, 1.165) is 16.7 Å². The number of hydrogen-bond acceptors (Lipinski definition) is 3. The summed E-state index contributed by atoms with van der Waals surface area (Å²) in [7, 11) is -1.92. The third-order valence-corrected chi connectivity index (χ3v) is 5.42. The van der Waals surface area contributed by atoms with Gasteiger partial charge in [-0.05, 0) is 17.2 Å². The Labute approximate surface area is 154 Å². The van der Waals surface area contributed by atoms with Gasteiger partial charge in [-0.25, -0.2) is 8.42 Å². The first-order valence-electron chi connectivity index (χ1n) is 8.28. The molecule has 0 N–H and O–H groups in total. The van der Waals surface area contributed by atoms with E-state index in [-0.39, 0.29) is 6.54 Å². The SMILES string of the molecule is CN(Cc1cnn(Cc2ccccc2)c1)S(=O)(=O)C=Cc1ccccc1. The van der Waals surface area contributed by atoms with Crippen molar-refractivity contribution in [2.75, 3.05) is 7.05 Å². The molecule has 0 saturated carbocycles. The molecule has 0 saturated heterocycles. The van der Waals surface area contributed by atoms with Gasteiger partial charge in [0.2, 0.25) is 10.0 Å². The average Bonchev–Trinajstić information content (AvgIpc) is 3.08. The highest BCUT2D eigenvalue weighted by molar-refractivity contribution is 7.92.